The third-order valence-corrected chi connectivity index (χ3v) is 3.22. The summed E-state index contributed by atoms with van der Waals surface area (Å²) in [6.45, 7) is 12.7. The van der Waals surface area contributed by atoms with Crippen LogP contribution in [0, 0.1) is 5.92 Å². The molecule has 0 spiro atoms. The predicted octanol–water partition coefficient (Wildman–Crippen LogP) is 3.93. The van der Waals surface area contributed by atoms with Crippen LogP contribution in [0.3, 0.4) is 0 Å². The standard InChI is InChI=1S/C13H29N/c1-7-9-10-12(8-2)11-14(6)13(3,4)5/h12H,7-11H2,1-6H3. The van der Waals surface area contributed by atoms with Crippen LogP contribution in [0.25, 0.3) is 0 Å². The van der Waals surface area contributed by atoms with E-state index >= 15 is 0 Å². The van der Waals surface area contributed by atoms with Gasteiger partial charge in [0.25, 0.3) is 0 Å². The largest absolute Gasteiger partial charge is 0.301 e. The minimum atomic E-state index is 0.319. The van der Waals surface area contributed by atoms with Gasteiger partial charge in [0.1, 0.15) is 0 Å². The molecule has 0 aliphatic carbocycles. The van der Waals surface area contributed by atoms with Gasteiger partial charge in [0.15, 0.2) is 0 Å². The van der Waals surface area contributed by atoms with Crippen molar-refractivity contribution in [3.63, 3.8) is 0 Å². The number of hydrogen-bond acceptors (Lipinski definition) is 1. The minimum Gasteiger partial charge on any atom is -0.301 e. The number of hydrogen-bond donors (Lipinski definition) is 0. The van der Waals surface area contributed by atoms with Crippen LogP contribution in [0.4, 0.5) is 0 Å². The second-order valence-corrected chi connectivity index (χ2v) is 5.47. The molecule has 0 saturated heterocycles. The Hall–Kier alpha value is -0.0400. The SMILES string of the molecule is CCCCC(CC)CN(C)C(C)(C)C. The second-order valence-electron chi connectivity index (χ2n) is 5.47. The highest BCUT2D eigenvalue weighted by molar-refractivity contribution is 4.75. The fourth-order valence-corrected chi connectivity index (χ4v) is 1.58. The van der Waals surface area contributed by atoms with Gasteiger partial charge in [-0.2, -0.15) is 0 Å². The van der Waals surface area contributed by atoms with Crippen LogP contribution in [0.2, 0.25) is 0 Å². The topological polar surface area (TPSA) is 3.24 Å². The Labute approximate surface area is 90.9 Å². The molecule has 0 aromatic carbocycles. The molecular weight excluding hydrogens is 170 g/mol. The molecule has 0 aromatic heterocycles. The third-order valence-electron chi connectivity index (χ3n) is 3.22. The minimum absolute atomic E-state index is 0.319. The Morgan fingerprint density at radius 2 is 1.71 bits per heavy atom. The van der Waals surface area contributed by atoms with E-state index in [0.29, 0.717) is 5.54 Å². The van der Waals surface area contributed by atoms with Crippen molar-refractivity contribution >= 4 is 0 Å². The van der Waals surface area contributed by atoms with Crippen molar-refractivity contribution in [3.05, 3.63) is 0 Å². The molecule has 1 nitrogen and oxygen atoms in total. The third kappa shape index (κ3) is 5.64. The van der Waals surface area contributed by atoms with Gasteiger partial charge in [0.2, 0.25) is 0 Å². The fourth-order valence-electron chi connectivity index (χ4n) is 1.58. The molecule has 0 fully saturated rings. The molecule has 0 aliphatic heterocycles. The number of unbranched alkanes of at least 4 members (excludes halogenated alkanes) is 1. The lowest BCUT2D eigenvalue weighted by molar-refractivity contribution is 0.143. The monoisotopic (exact) mass is 199 g/mol. The van der Waals surface area contributed by atoms with E-state index in [-0.39, 0.29) is 0 Å². The molecule has 0 saturated carbocycles. The van der Waals surface area contributed by atoms with Gasteiger partial charge in [-0.05, 0) is 40.2 Å². The van der Waals surface area contributed by atoms with Crippen LogP contribution in [0.5, 0.6) is 0 Å². The molecule has 0 heterocycles. The van der Waals surface area contributed by atoms with E-state index in [1.54, 1.807) is 0 Å². The highest BCUT2D eigenvalue weighted by atomic mass is 15.2. The molecule has 0 aromatic rings. The Morgan fingerprint density at radius 1 is 1.14 bits per heavy atom. The zero-order valence-electron chi connectivity index (χ0n) is 11.1. The molecule has 0 radical (unpaired) electrons. The summed E-state index contributed by atoms with van der Waals surface area (Å²) in [7, 11) is 2.24. The molecule has 0 aliphatic rings. The highest BCUT2D eigenvalue weighted by Crippen LogP contribution is 2.18. The molecule has 1 unspecified atom stereocenters. The Bertz CT molecular complexity index is 135. The molecule has 86 valence electrons. The summed E-state index contributed by atoms with van der Waals surface area (Å²) in [5.41, 5.74) is 0.319. The van der Waals surface area contributed by atoms with Crippen molar-refractivity contribution in [1.29, 1.82) is 0 Å². The Morgan fingerprint density at radius 3 is 2.07 bits per heavy atom. The first-order valence-electron chi connectivity index (χ1n) is 6.13. The highest BCUT2D eigenvalue weighted by Gasteiger charge is 2.19. The lowest BCUT2D eigenvalue weighted by Gasteiger charge is -2.34. The van der Waals surface area contributed by atoms with Gasteiger partial charge < -0.3 is 4.90 Å². The molecule has 1 atom stereocenters. The van der Waals surface area contributed by atoms with E-state index in [9.17, 15) is 0 Å². The zero-order valence-corrected chi connectivity index (χ0v) is 11.1. The number of rotatable bonds is 6. The molecule has 0 amide bonds. The van der Waals surface area contributed by atoms with E-state index in [1.807, 2.05) is 0 Å². The summed E-state index contributed by atoms with van der Waals surface area (Å²) >= 11 is 0. The van der Waals surface area contributed by atoms with E-state index in [1.165, 1.54) is 32.2 Å². The van der Waals surface area contributed by atoms with E-state index in [0.717, 1.165) is 5.92 Å². The zero-order chi connectivity index (χ0) is 11.2. The Kier molecular flexibility index (Phi) is 6.43. The van der Waals surface area contributed by atoms with Crippen molar-refractivity contribution in [1.82, 2.24) is 4.90 Å². The van der Waals surface area contributed by atoms with E-state index in [2.05, 4.69) is 46.6 Å². The maximum absolute atomic E-state index is 2.48. The van der Waals surface area contributed by atoms with Crippen LogP contribution in [-0.4, -0.2) is 24.0 Å². The molecule has 0 rings (SSSR count). The molecule has 1 heteroatoms. The van der Waals surface area contributed by atoms with Crippen LogP contribution in [-0.2, 0) is 0 Å². The molecule has 14 heavy (non-hydrogen) atoms. The lowest BCUT2D eigenvalue weighted by Crippen LogP contribution is -2.41. The van der Waals surface area contributed by atoms with E-state index < -0.39 is 0 Å². The summed E-state index contributed by atoms with van der Waals surface area (Å²) in [5, 5.41) is 0. The van der Waals surface area contributed by atoms with Gasteiger partial charge in [-0.25, -0.2) is 0 Å². The predicted molar refractivity (Wildman–Crippen MR) is 65.7 cm³/mol. The maximum atomic E-state index is 2.48. The van der Waals surface area contributed by atoms with Crippen molar-refractivity contribution in [2.24, 2.45) is 5.92 Å². The van der Waals surface area contributed by atoms with Gasteiger partial charge in [0, 0.05) is 12.1 Å². The molecule has 0 N–H and O–H groups in total. The van der Waals surface area contributed by atoms with E-state index in [4.69, 9.17) is 0 Å². The lowest BCUT2D eigenvalue weighted by atomic mass is 9.96. The van der Waals surface area contributed by atoms with Crippen molar-refractivity contribution < 1.29 is 0 Å². The van der Waals surface area contributed by atoms with Crippen LogP contribution >= 0.6 is 0 Å². The van der Waals surface area contributed by atoms with Crippen molar-refractivity contribution in [2.45, 2.75) is 65.8 Å². The summed E-state index contributed by atoms with van der Waals surface area (Å²) in [5.74, 6) is 0.888. The second kappa shape index (κ2) is 6.44. The van der Waals surface area contributed by atoms with Crippen molar-refractivity contribution in [2.75, 3.05) is 13.6 Å². The summed E-state index contributed by atoms with van der Waals surface area (Å²) < 4.78 is 0. The van der Waals surface area contributed by atoms with Gasteiger partial charge in [0.05, 0.1) is 0 Å². The van der Waals surface area contributed by atoms with Crippen molar-refractivity contribution in [3.8, 4) is 0 Å². The first-order chi connectivity index (χ1) is 6.41. The average molecular weight is 199 g/mol. The molecular formula is C13H29N. The maximum Gasteiger partial charge on any atom is 0.0122 e. The van der Waals surface area contributed by atoms with Crippen LogP contribution in [0.1, 0.15) is 60.3 Å². The van der Waals surface area contributed by atoms with Crippen LogP contribution in [0.15, 0.2) is 0 Å². The smallest absolute Gasteiger partial charge is 0.0122 e. The summed E-state index contributed by atoms with van der Waals surface area (Å²) in [6.07, 6.45) is 5.43. The van der Waals surface area contributed by atoms with Crippen LogP contribution < -0.4 is 0 Å². The number of nitrogens with zero attached hydrogens (tertiary/aromatic N) is 1. The first kappa shape index (κ1) is 14.0. The van der Waals surface area contributed by atoms with Gasteiger partial charge in [-0.15, -0.1) is 0 Å². The summed E-state index contributed by atoms with van der Waals surface area (Å²) in [6, 6.07) is 0. The normalized spacial score (nSPS) is 14.8. The quantitative estimate of drug-likeness (QED) is 0.626. The first-order valence-corrected chi connectivity index (χ1v) is 6.13. The van der Waals surface area contributed by atoms with Gasteiger partial charge in [-0.3, -0.25) is 0 Å². The average Bonchev–Trinajstić information content (AvgIpc) is 2.10. The summed E-state index contributed by atoms with van der Waals surface area (Å²) in [4.78, 5) is 2.48. The van der Waals surface area contributed by atoms with Gasteiger partial charge in [-0.1, -0.05) is 33.1 Å². The Balaban J connectivity index is 3.92. The fraction of sp³-hybridized carbons (Fsp3) is 1.00. The molecule has 0 bridgehead atoms. The van der Waals surface area contributed by atoms with Gasteiger partial charge >= 0.3 is 0 Å².